The first-order chi connectivity index (χ1) is 16.2. The number of fused-ring (bicyclic) bond motifs is 1. The van der Waals surface area contributed by atoms with Crippen LogP contribution in [0.25, 0.3) is 10.9 Å². The van der Waals surface area contributed by atoms with Gasteiger partial charge in [-0.1, -0.05) is 31.4 Å². The third kappa shape index (κ3) is 5.15. The van der Waals surface area contributed by atoms with Gasteiger partial charge in [0.15, 0.2) is 0 Å². The van der Waals surface area contributed by atoms with Gasteiger partial charge in [-0.05, 0) is 50.7 Å². The van der Waals surface area contributed by atoms with Crippen LogP contribution in [-0.2, 0) is 11.2 Å². The molecule has 0 radical (unpaired) electrons. The third-order valence-corrected chi connectivity index (χ3v) is 7.10. The highest BCUT2D eigenvalue weighted by Gasteiger charge is 2.29. The Labute approximate surface area is 192 Å². The first-order valence-electron chi connectivity index (χ1n) is 12.3. The second kappa shape index (κ2) is 9.85. The third-order valence-electron chi connectivity index (χ3n) is 7.10. The molecule has 2 heterocycles. The molecule has 2 fully saturated rings. The molecule has 2 aliphatic rings. The molecule has 0 atom stereocenters. The smallest absolute Gasteiger partial charge is 0.258 e. The summed E-state index contributed by atoms with van der Waals surface area (Å²) in [7, 11) is 0. The van der Waals surface area contributed by atoms with Crippen LogP contribution in [0.1, 0.15) is 93.6 Å². The minimum absolute atomic E-state index is 0.00775. The maximum Gasteiger partial charge on any atom is 0.258 e. The Balaban J connectivity index is 1.09. The summed E-state index contributed by atoms with van der Waals surface area (Å²) in [5, 5.41) is 12.4. The van der Waals surface area contributed by atoms with Gasteiger partial charge in [0.2, 0.25) is 17.7 Å². The van der Waals surface area contributed by atoms with E-state index in [2.05, 4.69) is 25.5 Å². The van der Waals surface area contributed by atoms with Crippen molar-refractivity contribution in [2.45, 2.75) is 88.5 Å². The molecular weight excluding hydrogens is 418 g/mol. The lowest BCUT2D eigenvalue weighted by Crippen LogP contribution is -2.37. The summed E-state index contributed by atoms with van der Waals surface area (Å²) in [5.41, 5.74) is 0.490. The second-order valence-corrected chi connectivity index (χ2v) is 9.46. The predicted molar refractivity (Wildman–Crippen MR) is 124 cm³/mol. The fraction of sp³-hybridized carbons (Fsp3) is 0.560. The second-order valence-electron chi connectivity index (χ2n) is 9.46. The number of aromatic amines is 1. The molecule has 1 aromatic carbocycles. The van der Waals surface area contributed by atoms with E-state index in [0.717, 1.165) is 50.3 Å². The highest BCUT2D eigenvalue weighted by Crippen LogP contribution is 2.36. The molecule has 2 N–H and O–H groups in total. The standard InChI is InChI=1S/C25H31N5O3/c31-22(15-14-21-27-20-9-5-4-8-19(20)23(32)28-21)26-18-12-10-17(11-13-18)25-30-29-24(33-25)16-6-2-1-3-7-16/h4-5,8-9,16-18H,1-3,6-7,10-15H2,(H,26,31)(H,27,28,32)/t17-,18-. The van der Waals surface area contributed by atoms with Crippen molar-refractivity contribution in [3.63, 3.8) is 0 Å². The van der Waals surface area contributed by atoms with E-state index in [1.54, 1.807) is 6.07 Å². The number of aromatic nitrogens is 4. The highest BCUT2D eigenvalue weighted by atomic mass is 16.4. The topological polar surface area (TPSA) is 114 Å². The van der Waals surface area contributed by atoms with Gasteiger partial charge < -0.3 is 14.7 Å². The average molecular weight is 450 g/mol. The normalized spacial score (nSPS) is 21.8. The Hall–Kier alpha value is -3.03. The molecule has 0 spiro atoms. The number of hydrogen-bond acceptors (Lipinski definition) is 6. The number of carbonyl (C=O) groups is 1. The van der Waals surface area contributed by atoms with Crippen molar-refractivity contribution in [3.05, 3.63) is 52.2 Å². The minimum Gasteiger partial charge on any atom is -0.425 e. The van der Waals surface area contributed by atoms with Gasteiger partial charge in [0.25, 0.3) is 5.56 Å². The Bertz CT molecular complexity index is 1160. The van der Waals surface area contributed by atoms with Crippen LogP contribution in [0.15, 0.2) is 33.5 Å². The number of hydrogen-bond donors (Lipinski definition) is 2. The Morgan fingerprint density at radius 3 is 2.42 bits per heavy atom. The number of nitrogens with zero attached hydrogens (tertiary/aromatic N) is 3. The van der Waals surface area contributed by atoms with Crippen molar-refractivity contribution < 1.29 is 9.21 Å². The fourth-order valence-electron chi connectivity index (χ4n) is 5.20. The summed E-state index contributed by atoms with van der Waals surface area (Å²) in [5.74, 6) is 2.85. The van der Waals surface area contributed by atoms with Crippen molar-refractivity contribution in [2.75, 3.05) is 0 Å². The summed E-state index contributed by atoms with van der Waals surface area (Å²) < 4.78 is 6.06. The maximum atomic E-state index is 12.5. The lowest BCUT2D eigenvalue weighted by molar-refractivity contribution is -0.122. The zero-order valence-corrected chi connectivity index (χ0v) is 18.9. The van der Waals surface area contributed by atoms with Gasteiger partial charge in [-0.15, -0.1) is 10.2 Å². The number of benzene rings is 1. The van der Waals surface area contributed by atoms with E-state index < -0.39 is 0 Å². The number of carbonyl (C=O) groups excluding carboxylic acids is 1. The fourth-order valence-corrected chi connectivity index (χ4v) is 5.20. The first kappa shape index (κ1) is 21.8. The molecule has 0 aliphatic heterocycles. The maximum absolute atomic E-state index is 12.5. The van der Waals surface area contributed by atoms with Gasteiger partial charge in [0, 0.05) is 30.7 Å². The Morgan fingerprint density at radius 2 is 1.67 bits per heavy atom. The van der Waals surface area contributed by atoms with E-state index in [-0.39, 0.29) is 23.4 Å². The van der Waals surface area contributed by atoms with E-state index in [4.69, 9.17) is 4.42 Å². The zero-order valence-electron chi connectivity index (χ0n) is 18.9. The first-order valence-corrected chi connectivity index (χ1v) is 12.3. The van der Waals surface area contributed by atoms with Gasteiger partial charge in [-0.2, -0.15) is 0 Å². The van der Waals surface area contributed by atoms with E-state index >= 15 is 0 Å². The largest absolute Gasteiger partial charge is 0.425 e. The van der Waals surface area contributed by atoms with E-state index in [1.165, 1.54) is 19.3 Å². The van der Waals surface area contributed by atoms with Gasteiger partial charge >= 0.3 is 0 Å². The number of rotatable bonds is 6. The van der Waals surface area contributed by atoms with Crippen LogP contribution < -0.4 is 10.9 Å². The van der Waals surface area contributed by atoms with Crippen molar-refractivity contribution in [2.24, 2.45) is 0 Å². The molecule has 0 saturated heterocycles. The van der Waals surface area contributed by atoms with Crippen LogP contribution in [0, 0.1) is 0 Å². The van der Waals surface area contributed by atoms with Crippen molar-refractivity contribution in [3.8, 4) is 0 Å². The van der Waals surface area contributed by atoms with Crippen molar-refractivity contribution >= 4 is 16.8 Å². The summed E-state index contributed by atoms with van der Waals surface area (Å²) >= 11 is 0. The molecule has 174 valence electrons. The van der Waals surface area contributed by atoms with E-state index in [0.29, 0.717) is 35.5 Å². The molecule has 2 saturated carbocycles. The number of aryl methyl sites for hydroxylation is 1. The summed E-state index contributed by atoms with van der Waals surface area (Å²) in [4.78, 5) is 31.9. The minimum atomic E-state index is -0.165. The van der Waals surface area contributed by atoms with E-state index in [1.807, 2.05) is 18.2 Å². The van der Waals surface area contributed by atoms with Crippen molar-refractivity contribution in [1.29, 1.82) is 0 Å². The molecule has 8 nitrogen and oxygen atoms in total. The number of amides is 1. The average Bonchev–Trinajstić information content (AvgIpc) is 3.34. The molecule has 2 aromatic heterocycles. The number of nitrogens with one attached hydrogen (secondary N) is 2. The molecule has 2 aliphatic carbocycles. The summed E-state index contributed by atoms with van der Waals surface area (Å²) in [6, 6.07) is 7.40. The molecule has 33 heavy (non-hydrogen) atoms. The van der Waals surface area contributed by atoms with Gasteiger partial charge in [0.1, 0.15) is 5.82 Å². The Kier molecular flexibility index (Phi) is 6.51. The van der Waals surface area contributed by atoms with Crippen LogP contribution in [0.4, 0.5) is 0 Å². The quantitative estimate of drug-likeness (QED) is 0.585. The number of H-pyrrole nitrogens is 1. The molecule has 0 unspecified atom stereocenters. The molecule has 0 bridgehead atoms. The SMILES string of the molecule is O=C(CCc1nc2ccccc2c(=O)[nH]1)N[C@H]1CC[C@H](c2nnc(C3CCCCC3)o2)CC1. The van der Waals surface area contributed by atoms with Gasteiger partial charge in [0.05, 0.1) is 10.9 Å². The van der Waals surface area contributed by atoms with Gasteiger partial charge in [-0.3, -0.25) is 9.59 Å². The summed E-state index contributed by atoms with van der Waals surface area (Å²) in [6.45, 7) is 0. The zero-order chi connectivity index (χ0) is 22.6. The predicted octanol–water partition coefficient (Wildman–Crippen LogP) is 4.13. The molecule has 1 amide bonds. The highest BCUT2D eigenvalue weighted by molar-refractivity contribution is 5.78. The lowest BCUT2D eigenvalue weighted by Gasteiger charge is -2.27. The van der Waals surface area contributed by atoms with Crippen LogP contribution >= 0.6 is 0 Å². The summed E-state index contributed by atoms with van der Waals surface area (Å²) in [6.07, 6.45) is 10.5. The number of para-hydroxylation sites is 1. The molecule has 3 aromatic rings. The van der Waals surface area contributed by atoms with Crippen LogP contribution in [0.2, 0.25) is 0 Å². The molecule has 8 heteroatoms. The van der Waals surface area contributed by atoms with Crippen LogP contribution in [0.5, 0.6) is 0 Å². The monoisotopic (exact) mass is 449 g/mol. The van der Waals surface area contributed by atoms with Crippen LogP contribution in [0.3, 0.4) is 0 Å². The van der Waals surface area contributed by atoms with Gasteiger partial charge in [-0.25, -0.2) is 4.98 Å². The van der Waals surface area contributed by atoms with E-state index in [9.17, 15) is 9.59 Å². The lowest BCUT2D eigenvalue weighted by atomic mass is 9.86. The van der Waals surface area contributed by atoms with Crippen molar-refractivity contribution in [1.82, 2.24) is 25.5 Å². The Morgan fingerprint density at radius 1 is 0.970 bits per heavy atom. The molecular formula is C25H31N5O3. The van der Waals surface area contributed by atoms with Crippen LogP contribution in [-0.4, -0.2) is 32.1 Å². The molecule has 5 rings (SSSR count).